The smallest absolute Gasteiger partial charge is 0.407 e. The molecule has 1 aliphatic heterocycles. The van der Waals surface area contributed by atoms with Gasteiger partial charge in [0.15, 0.2) is 5.60 Å². The molecule has 10 heteroatoms. The topological polar surface area (TPSA) is 142 Å². The second-order valence-corrected chi connectivity index (χ2v) is 10.6. The van der Waals surface area contributed by atoms with Crippen LogP contribution in [0.5, 0.6) is 0 Å². The minimum Gasteiger partial charge on any atom is -0.479 e. The number of benzene rings is 3. The molecule has 0 saturated carbocycles. The predicted molar refractivity (Wildman–Crippen MR) is 151 cm³/mol. The van der Waals surface area contributed by atoms with Crippen LogP contribution in [0.4, 0.5) is 4.79 Å². The van der Waals surface area contributed by atoms with E-state index in [0.29, 0.717) is 0 Å². The highest BCUT2D eigenvalue weighted by Gasteiger charge is 2.43. The van der Waals surface area contributed by atoms with Gasteiger partial charge in [-0.15, -0.1) is 0 Å². The average Bonchev–Trinajstić information content (AvgIpc) is 3.32. The van der Waals surface area contributed by atoms with Crippen LogP contribution in [-0.2, 0) is 30.5 Å². The fourth-order valence-electron chi connectivity index (χ4n) is 5.57. The Kier molecular flexibility index (Phi) is 8.53. The van der Waals surface area contributed by atoms with Crippen LogP contribution in [0, 0.1) is 0 Å². The number of carboxylic acids is 1. The summed E-state index contributed by atoms with van der Waals surface area (Å²) >= 11 is 0. The molecule has 3 N–H and O–H groups in total. The molecule has 42 heavy (non-hydrogen) atoms. The Hall–Kier alpha value is -4.70. The summed E-state index contributed by atoms with van der Waals surface area (Å²) in [6.45, 7) is -0.324. The van der Waals surface area contributed by atoms with Crippen molar-refractivity contribution in [3.05, 3.63) is 95.6 Å². The Labute approximate surface area is 242 Å². The summed E-state index contributed by atoms with van der Waals surface area (Å²) in [6.07, 6.45) is -1.19. The predicted octanol–water partition coefficient (Wildman–Crippen LogP) is 3.47. The molecule has 1 fully saturated rings. The number of piperidine rings is 1. The standard InChI is InChI=1S/C32H32N2O8/c35-28(41-18-21-9-2-1-3-10-21)17-27(29(36)34-16-8-15-32(40,20-34)30(37)38)33-31(39)42-19-26-24-13-6-4-11-22(24)23-12-5-7-14-25(23)26/h1-7,9-14,26-27,40H,8,15-20H2,(H,33,39)(H,37,38)/t27-,32?/m0/s1. The van der Waals surface area contributed by atoms with Crippen LogP contribution in [0.2, 0.25) is 0 Å². The summed E-state index contributed by atoms with van der Waals surface area (Å²) in [7, 11) is 0. The highest BCUT2D eigenvalue weighted by Crippen LogP contribution is 2.44. The van der Waals surface area contributed by atoms with Crippen molar-refractivity contribution in [2.24, 2.45) is 0 Å². The monoisotopic (exact) mass is 572 g/mol. The van der Waals surface area contributed by atoms with Crippen molar-refractivity contribution in [2.75, 3.05) is 19.7 Å². The zero-order valence-corrected chi connectivity index (χ0v) is 22.9. The summed E-state index contributed by atoms with van der Waals surface area (Å²) in [5, 5.41) is 22.4. The summed E-state index contributed by atoms with van der Waals surface area (Å²) in [4.78, 5) is 52.0. The van der Waals surface area contributed by atoms with Gasteiger partial charge in [0.25, 0.3) is 0 Å². The molecule has 218 valence electrons. The molecule has 2 amide bonds. The molecule has 0 radical (unpaired) electrons. The fraction of sp³-hybridized carbons (Fsp3) is 0.312. The summed E-state index contributed by atoms with van der Waals surface area (Å²) in [5.74, 6) is -3.09. The van der Waals surface area contributed by atoms with Crippen molar-refractivity contribution < 1.29 is 38.9 Å². The third-order valence-electron chi connectivity index (χ3n) is 7.73. The molecule has 1 heterocycles. The highest BCUT2D eigenvalue weighted by molar-refractivity contribution is 5.90. The van der Waals surface area contributed by atoms with Crippen molar-refractivity contribution >= 4 is 23.9 Å². The lowest BCUT2D eigenvalue weighted by atomic mass is 9.92. The van der Waals surface area contributed by atoms with E-state index in [0.717, 1.165) is 32.7 Å². The van der Waals surface area contributed by atoms with Crippen molar-refractivity contribution in [2.45, 2.75) is 43.4 Å². The highest BCUT2D eigenvalue weighted by atomic mass is 16.5. The van der Waals surface area contributed by atoms with E-state index in [2.05, 4.69) is 5.32 Å². The van der Waals surface area contributed by atoms with Gasteiger partial charge in [-0.2, -0.15) is 0 Å². The molecule has 5 rings (SSSR count). The van der Waals surface area contributed by atoms with Crippen LogP contribution >= 0.6 is 0 Å². The minimum atomic E-state index is -2.12. The maximum atomic E-state index is 13.5. The fourth-order valence-corrected chi connectivity index (χ4v) is 5.57. The first-order chi connectivity index (χ1) is 20.2. The van der Waals surface area contributed by atoms with Gasteiger partial charge in [-0.05, 0) is 40.7 Å². The normalized spacial score (nSPS) is 18.4. The first-order valence-electron chi connectivity index (χ1n) is 13.8. The first-order valence-corrected chi connectivity index (χ1v) is 13.8. The number of rotatable bonds is 9. The van der Waals surface area contributed by atoms with Crippen LogP contribution < -0.4 is 5.32 Å². The molecule has 2 aliphatic rings. The van der Waals surface area contributed by atoms with Crippen molar-refractivity contribution in [1.29, 1.82) is 0 Å². The molecule has 1 aliphatic carbocycles. The number of ether oxygens (including phenoxy) is 2. The van der Waals surface area contributed by atoms with E-state index in [1.807, 2.05) is 54.6 Å². The zero-order valence-electron chi connectivity index (χ0n) is 22.9. The number of hydrogen-bond acceptors (Lipinski definition) is 7. The number of esters is 1. The van der Waals surface area contributed by atoms with E-state index in [1.54, 1.807) is 24.3 Å². The molecular formula is C32H32N2O8. The summed E-state index contributed by atoms with van der Waals surface area (Å²) in [5.41, 5.74) is 2.80. The van der Waals surface area contributed by atoms with E-state index in [4.69, 9.17) is 9.47 Å². The summed E-state index contributed by atoms with van der Waals surface area (Å²) in [6, 6.07) is 23.3. The number of nitrogens with zero attached hydrogens (tertiary/aromatic N) is 1. The number of fused-ring (bicyclic) bond motifs is 3. The molecule has 0 aromatic heterocycles. The van der Waals surface area contributed by atoms with Gasteiger partial charge in [0.1, 0.15) is 19.3 Å². The Bertz CT molecular complexity index is 1430. The SMILES string of the molecule is O=C(C[C@H](NC(=O)OCC1c2ccccc2-c2ccccc21)C(=O)N1CCCC(O)(C(=O)O)C1)OCc1ccccc1. The number of alkyl carbamates (subject to hydrolysis) is 1. The lowest BCUT2D eigenvalue weighted by Crippen LogP contribution is -2.58. The molecule has 0 spiro atoms. The summed E-state index contributed by atoms with van der Waals surface area (Å²) < 4.78 is 10.9. The second kappa shape index (κ2) is 12.4. The number of carbonyl (C=O) groups is 4. The molecule has 10 nitrogen and oxygen atoms in total. The largest absolute Gasteiger partial charge is 0.479 e. The first kappa shape index (κ1) is 28.8. The number of carbonyl (C=O) groups excluding carboxylic acids is 3. The molecular weight excluding hydrogens is 540 g/mol. The molecule has 3 aromatic rings. The van der Waals surface area contributed by atoms with Gasteiger partial charge >= 0.3 is 18.0 Å². The van der Waals surface area contributed by atoms with Crippen molar-refractivity contribution in [3.8, 4) is 11.1 Å². The van der Waals surface area contributed by atoms with E-state index in [-0.39, 0.29) is 38.5 Å². The maximum absolute atomic E-state index is 13.5. The van der Waals surface area contributed by atoms with Crippen LogP contribution in [0.25, 0.3) is 11.1 Å². The van der Waals surface area contributed by atoms with Crippen LogP contribution in [0.15, 0.2) is 78.9 Å². The van der Waals surface area contributed by atoms with Gasteiger partial charge in [0.2, 0.25) is 5.91 Å². The average molecular weight is 573 g/mol. The number of aliphatic carboxylic acids is 1. The van der Waals surface area contributed by atoms with Gasteiger partial charge < -0.3 is 29.9 Å². The Morgan fingerprint density at radius 3 is 2.17 bits per heavy atom. The van der Waals surface area contributed by atoms with Crippen molar-refractivity contribution in [1.82, 2.24) is 10.2 Å². The molecule has 2 atom stereocenters. The van der Waals surface area contributed by atoms with E-state index >= 15 is 0 Å². The number of likely N-dealkylation sites (tertiary alicyclic amines) is 1. The number of amides is 2. The van der Waals surface area contributed by atoms with Crippen molar-refractivity contribution in [3.63, 3.8) is 0 Å². The third kappa shape index (κ3) is 6.28. The zero-order chi connectivity index (χ0) is 29.7. The van der Waals surface area contributed by atoms with Crippen LogP contribution in [-0.4, -0.2) is 70.4 Å². The Balaban J connectivity index is 1.27. The van der Waals surface area contributed by atoms with Gasteiger partial charge in [-0.3, -0.25) is 9.59 Å². The number of aliphatic hydroxyl groups is 1. The van der Waals surface area contributed by atoms with Gasteiger partial charge in [0, 0.05) is 12.5 Å². The Morgan fingerprint density at radius 1 is 0.905 bits per heavy atom. The number of carboxylic acid groups (broad SMARTS) is 1. The molecule has 1 unspecified atom stereocenters. The van der Waals surface area contributed by atoms with Gasteiger partial charge in [0.05, 0.1) is 13.0 Å². The number of nitrogens with one attached hydrogen (secondary N) is 1. The lowest BCUT2D eigenvalue weighted by Gasteiger charge is -2.37. The minimum absolute atomic E-state index is 0.00169. The Morgan fingerprint density at radius 2 is 1.52 bits per heavy atom. The third-order valence-corrected chi connectivity index (χ3v) is 7.73. The quantitative estimate of drug-likeness (QED) is 0.331. The molecule has 1 saturated heterocycles. The van der Waals surface area contributed by atoms with Crippen LogP contribution in [0.1, 0.15) is 41.9 Å². The number of hydrogen-bond donors (Lipinski definition) is 3. The maximum Gasteiger partial charge on any atom is 0.407 e. The lowest BCUT2D eigenvalue weighted by molar-refractivity contribution is -0.167. The van der Waals surface area contributed by atoms with Crippen LogP contribution in [0.3, 0.4) is 0 Å². The molecule has 3 aromatic carbocycles. The molecule has 0 bridgehead atoms. The van der Waals surface area contributed by atoms with Gasteiger partial charge in [-0.1, -0.05) is 78.9 Å². The second-order valence-electron chi connectivity index (χ2n) is 10.6. The number of β-amino-alcohol motifs (C(OH)–C–C–N with tert-alkyl or cyclic N) is 1. The van der Waals surface area contributed by atoms with Gasteiger partial charge in [-0.25, -0.2) is 9.59 Å². The van der Waals surface area contributed by atoms with E-state index in [9.17, 15) is 29.4 Å². The van der Waals surface area contributed by atoms with E-state index < -0.39 is 48.5 Å². The van der Waals surface area contributed by atoms with E-state index in [1.165, 1.54) is 0 Å².